The molecule has 1 aromatic heterocycles. The van der Waals surface area contributed by atoms with Crippen LogP contribution in [0.5, 0.6) is 0 Å². The Hall–Kier alpha value is -1.19. The van der Waals surface area contributed by atoms with Gasteiger partial charge in [0.05, 0.1) is 6.10 Å². The van der Waals surface area contributed by atoms with E-state index in [4.69, 9.17) is 0 Å². The average molecular weight is 278 g/mol. The Labute approximate surface area is 103 Å². The van der Waals surface area contributed by atoms with Crippen LogP contribution >= 0.6 is 15.9 Å². The number of halogens is 1. The summed E-state index contributed by atoms with van der Waals surface area (Å²) in [7, 11) is 0. The second-order valence-corrected chi connectivity index (χ2v) is 4.46. The van der Waals surface area contributed by atoms with Crippen molar-refractivity contribution < 1.29 is 5.11 Å². The largest absolute Gasteiger partial charge is 0.388 e. The van der Waals surface area contributed by atoms with Gasteiger partial charge in [0.15, 0.2) is 0 Å². The number of benzene rings is 1. The van der Waals surface area contributed by atoms with Crippen molar-refractivity contribution in [3.8, 4) is 0 Å². The highest BCUT2D eigenvalue weighted by atomic mass is 79.9. The lowest BCUT2D eigenvalue weighted by Gasteiger charge is -2.12. The number of pyridine rings is 1. The lowest BCUT2D eigenvalue weighted by Crippen LogP contribution is -2.02. The molecule has 1 aromatic carbocycles. The van der Waals surface area contributed by atoms with Gasteiger partial charge in [-0.1, -0.05) is 40.2 Å². The van der Waals surface area contributed by atoms with Crippen LogP contribution in [0.15, 0.2) is 53.3 Å². The normalized spacial score (nSPS) is 12.4. The molecule has 0 spiro atoms. The van der Waals surface area contributed by atoms with Crippen molar-refractivity contribution >= 4 is 15.9 Å². The first-order chi connectivity index (χ1) is 7.77. The van der Waals surface area contributed by atoms with E-state index in [9.17, 15) is 5.11 Å². The number of aliphatic hydroxyl groups is 1. The Kier molecular flexibility index (Phi) is 3.70. The fourth-order valence-electron chi connectivity index (χ4n) is 1.60. The molecule has 0 aliphatic carbocycles. The summed E-state index contributed by atoms with van der Waals surface area (Å²) in [4.78, 5) is 4.03. The van der Waals surface area contributed by atoms with E-state index in [1.807, 2.05) is 36.4 Å². The predicted molar refractivity (Wildman–Crippen MR) is 67.0 cm³/mol. The number of aliphatic hydroxyl groups excluding tert-OH is 1. The third-order valence-electron chi connectivity index (χ3n) is 2.42. The minimum absolute atomic E-state index is 0.500. The summed E-state index contributed by atoms with van der Waals surface area (Å²) in [5.41, 5.74) is 1.94. The molecule has 0 amide bonds. The van der Waals surface area contributed by atoms with Crippen LogP contribution in [-0.2, 0) is 6.42 Å². The maximum atomic E-state index is 10.1. The lowest BCUT2D eigenvalue weighted by molar-refractivity contribution is 0.177. The Bertz CT molecular complexity index is 458. The first kappa shape index (κ1) is 11.3. The molecule has 0 radical (unpaired) electrons. The molecular weight excluding hydrogens is 266 g/mol. The van der Waals surface area contributed by atoms with Crippen LogP contribution in [0.25, 0.3) is 0 Å². The number of aromatic nitrogens is 1. The van der Waals surface area contributed by atoms with Gasteiger partial charge < -0.3 is 5.11 Å². The average Bonchev–Trinajstić information content (AvgIpc) is 2.31. The molecular formula is C13H12BrNO. The zero-order valence-electron chi connectivity index (χ0n) is 8.68. The number of nitrogens with zero attached hydrogens (tertiary/aromatic N) is 1. The van der Waals surface area contributed by atoms with E-state index in [0.717, 1.165) is 15.6 Å². The van der Waals surface area contributed by atoms with E-state index in [1.165, 1.54) is 0 Å². The molecule has 1 atom stereocenters. The molecule has 2 rings (SSSR count). The van der Waals surface area contributed by atoms with Crippen LogP contribution in [-0.4, -0.2) is 10.1 Å². The van der Waals surface area contributed by atoms with Crippen molar-refractivity contribution in [3.63, 3.8) is 0 Å². The minimum Gasteiger partial charge on any atom is -0.388 e. The molecule has 3 heteroatoms. The van der Waals surface area contributed by atoms with Gasteiger partial charge in [0.25, 0.3) is 0 Å². The molecule has 0 bridgehead atoms. The summed E-state index contributed by atoms with van der Waals surface area (Å²) >= 11 is 3.43. The Morgan fingerprint density at radius 1 is 1.19 bits per heavy atom. The monoisotopic (exact) mass is 277 g/mol. The maximum Gasteiger partial charge on any atom is 0.0841 e. The van der Waals surface area contributed by atoms with E-state index < -0.39 is 6.10 Å². The highest BCUT2D eigenvalue weighted by Gasteiger charge is 2.11. The van der Waals surface area contributed by atoms with E-state index in [1.54, 1.807) is 12.4 Å². The molecule has 0 saturated heterocycles. The van der Waals surface area contributed by atoms with Crippen molar-refractivity contribution in [2.45, 2.75) is 12.5 Å². The highest BCUT2D eigenvalue weighted by molar-refractivity contribution is 9.10. The molecule has 82 valence electrons. The first-order valence-electron chi connectivity index (χ1n) is 5.09. The van der Waals surface area contributed by atoms with Crippen LogP contribution in [0, 0.1) is 0 Å². The summed E-state index contributed by atoms with van der Waals surface area (Å²) in [6.07, 6.45) is 3.59. The first-order valence-corrected chi connectivity index (χ1v) is 5.88. The van der Waals surface area contributed by atoms with Crippen molar-refractivity contribution in [2.24, 2.45) is 0 Å². The third kappa shape index (κ3) is 2.68. The van der Waals surface area contributed by atoms with E-state index >= 15 is 0 Å². The van der Waals surface area contributed by atoms with Crippen LogP contribution in [0.1, 0.15) is 17.2 Å². The van der Waals surface area contributed by atoms with Gasteiger partial charge in [-0.3, -0.25) is 4.98 Å². The van der Waals surface area contributed by atoms with Crippen molar-refractivity contribution in [3.05, 3.63) is 64.4 Å². The topological polar surface area (TPSA) is 33.1 Å². The summed E-state index contributed by atoms with van der Waals surface area (Å²) in [6, 6.07) is 11.6. The van der Waals surface area contributed by atoms with Gasteiger partial charge in [0, 0.05) is 23.3 Å². The standard InChI is InChI=1S/C13H12BrNO/c14-12-6-2-1-5-11(12)13(16)8-10-4-3-7-15-9-10/h1-7,9,13,16H,8H2. The SMILES string of the molecule is OC(Cc1cccnc1)c1ccccc1Br. The summed E-state index contributed by atoms with van der Waals surface area (Å²) in [5, 5.41) is 10.1. The van der Waals surface area contributed by atoms with Gasteiger partial charge in [-0.25, -0.2) is 0 Å². The maximum absolute atomic E-state index is 10.1. The highest BCUT2D eigenvalue weighted by Crippen LogP contribution is 2.25. The zero-order valence-corrected chi connectivity index (χ0v) is 10.3. The molecule has 1 unspecified atom stereocenters. The van der Waals surface area contributed by atoms with Crippen molar-refractivity contribution in [1.82, 2.24) is 4.98 Å². The molecule has 2 aromatic rings. The van der Waals surface area contributed by atoms with Crippen LogP contribution in [0.4, 0.5) is 0 Å². The van der Waals surface area contributed by atoms with Crippen LogP contribution < -0.4 is 0 Å². The van der Waals surface area contributed by atoms with Gasteiger partial charge in [-0.15, -0.1) is 0 Å². The van der Waals surface area contributed by atoms with Gasteiger partial charge in [-0.05, 0) is 23.3 Å². The minimum atomic E-state index is -0.500. The second kappa shape index (κ2) is 5.23. The third-order valence-corrected chi connectivity index (χ3v) is 3.14. The molecule has 0 fully saturated rings. The van der Waals surface area contributed by atoms with E-state index in [0.29, 0.717) is 6.42 Å². The smallest absolute Gasteiger partial charge is 0.0841 e. The summed E-state index contributed by atoms with van der Waals surface area (Å²) in [6.45, 7) is 0. The Morgan fingerprint density at radius 3 is 2.69 bits per heavy atom. The van der Waals surface area contributed by atoms with Crippen LogP contribution in [0.3, 0.4) is 0 Å². The molecule has 16 heavy (non-hydrogen) atoms. The van der Waals surface area contributed by atoms with Crippen molar-refractivity contribution in [1.29, 1.82) is 0 Å². The zero-order chi connectivity index (χ0) is 11.4. The molecule has 1 heterocycles. The Morgan fingerprint density at radius 2 is 2.00 bits per heavy atom. The molecule has 0 aliphatic rings. The molecule has 0 saturated carbocycles. The quantitative estimate of drug-likeness (QED) is 0.935. The van der Waals surface area contributed by atoms with Crippen LogP contribution in [0.2, 0.25) is 0 Å². The molecule has 1 N–H and O–H groups in total. The predicted octanol–water partition coefficient (Wildman–Crippen LogP) is 3.12. The lowest BCUT2D eigenvalue weighted by atomic mass is 10.0. The Balaban J connectivity index is 2.15. The number of hydrogen-bond acceptors (Lipinski definition) is 2. The summed E-state index contributed by atoms with van der Waals surface area (Å²) < 4.78 is 0.936. The van der Waals surface area contributed by atoms with E-state index in [2.05, 4.69) is 20.9 Å². The number of rotatable bonds is 3. The second-order valence-electron chi connectivity index (χ2n) is 3.60. The van der Waals surface area contributed by atoms with Gasteiger partial charge >= 0.3 is 0 Å². The summed E-state index contributed by atoms with van der Waals surface area (Å²) in [5.74, 6) is 0. The van der Waals surface area contributed by atoms with Gasteiger partial charge in [0.1, 0.15) is 0 Å². The molecule has 2 nitrogen and oxygen atoms in total. The van der Waals surface area contributed by atoms with Gasteiger partial charge in [-0.2, -0.15) is 0 Å². The fourth-order valence-corrected chi connectivity index (χ4v) is 2.15. The fraction of sp³-hybridized carbons (Fsp3) is 0.154. The van der Waals surface area contributed by atoms with Gasteiger partial charge in [0.2, 0.25) is 0 Å². The van der Waals surface area contributed by atoms with E-state index in [-0.39, 0.29) is 0 Å². The molecule has 0 aliphatic heterocycles. The number of hydrogen-bond donors (Lipinski definition) is 1. The van der Waals surface area contributed by atoms with Crippen molar-refractivity contribution in [2.75, 3.05) is 0 Å².